The third-order valence-electron chi connectivity index (χ3n) is 3.20. The highest BCUT2D eigenvalue weighted by Crippen LogP contribution is 2.34. The monoisotopic (exact) mass is 190 g/mol. The molecule has 0 unspecified atom stereocenters. The summed E-state index contributed by atoms with van der Waals surface area (Å²) in [5.41, 5.74) is 1.32. The zero-order valence-corrected chi connectivity index (χ0v) is 9.50. The minimum atomic E-state index is 0.727. The first-order chi connectivity index (χ1) is 6.75. The van der Waals surface area contributed by atoms with Crippen LogP contribution in [0.2, 0.25) is 0 Å². The number of hydrogen-bond donors (Lipinski definition) is 0. The zero-order chi connectivity index (χ0) is 10.4. The van der Waals surface area contributed by atoms with Crippen LogP contribution in [0.25, 0.3) is 0 Å². The highest BCUT2D eigenvalue weighted by molar-refractivity contribution is 5.22. The molecule has 1 rings (SSSR count). The van der Waals surface area contributed by atoms with Crippen LogP contribution in [0.15, 0.2) is 36.5 Å². The number of allylic oxidation sites excluding steroid dienone is 5. The van der Waals surface area contributed by atoms with E-state index >= 15 is 0 Å². The Bertz CT molecular complexity index is 232. The Labute approximate surface area is 88.4 Å². The Balaban J connectivity index is 2.50. The number of hydrogen-bond acceptors (Lipinski definition) is 0. The van der Waals surface area contributed by atoms with Gasteiger partial charge in [-0.1, -0.05) is 62.6 Å². The highest BCUT2D eigenvalue weighted by atomic mass is 14.3. The third-order valence-corrected chi connectivity index (χ3v) is 3.20. The van der Waals surface area contributed by atoms with Crippen molar-refractivity contribution in [3.63, 3.8) is 0 Å². The lowest BCUT2D eigenvalue weighted by atomic mass is 9.76. The maximum atomic E-state index is 4.18. The molecule has 2 atom stereocenters. The van der Waals surface area contributed by atoms with Gasteiger partial charge >= 0.3 is 0 Å². The zero-order valence-electron chi connectivity index (χ0n) is 9.50. The van der Waals surface area contributed by atoms with Gasteiger partial charge < -0.3 is 0 Å². The summed E-state index contributed by atoms with van der Waals surface area (Å²) in [6.45, 7) is 8.58. The molecular formula is C14H22. The Morgan fingerprint density at radius 1 is 1.21 bits per heavy atom. The van der Waals surface area contributed by atoms with Crippen molar-refractivity contribution < 1.29 is 0 Å². The number of rotatable bonds is 3. The molecule has 1 fully saturated rings. The van der Waals surface area contributed by atoms with E-state index in [0.29, 0.717) is 0 Å². The average Bonchev–Trinajstić information content (AvgIpc) is 2.18. The van der Waals surface area contributed by atoms with Crippen LogP contribution in [0.4, 0.5) is 0 Å². The van der Waals surface area contributed by atoms with E-state index in [9.17, 15) is 0 Å². The predicted molar refractivity (Wildman–Crippen MR) is 64.2 cm³/mol. The molecule has 1 saturated carbocycles. The molecular weight excluding hydrogens is 168 g/mol. The quantitative estimate of drug-likeness (QED) is 0.575. The van der Waals surface area contributed by atoms with Gasteiger partial charge in [-0.05, 0) is 25.2 Å². The second-order valence-electron chi connectivity index (χ2n) is 4.33. The Hall–Kier alpha value is -0.780. The van der Waals surface area contributed by atoms with Crippen LogP contribution in [0, 0.1) is 11.8 Å². The van der Waals surface area contributed by atoms with Gasteiger partial charge in [0.05, 0.1) is 0 Å². The summed E-state index contributed by atoms with van der Waals surface area (Å²) in [7, 11) is 0. The van der Waals surface area contributed by atoms with Gasteiger partial charge in [-0.15, -0.1) is 0 Å². The molecule has 78 valence electrons. The molecule has 0 aliphatic heterocycles. The maximum Gasteiger partial charge on any atom is -0.0142 e. The van der Waals surface area contributed by atoms with E-state index in [1.54, 1.807) is 0 Å². The molecule has 0 spiro atoms. The van der Waals surface area contributed by atoms with Crippen LogP contribution in [0.5, 0.6) is 0 Å². The summed E-state index contributed by atoms with van der Waals surface area (Å²) in [6.07, 6.45) is 13.9. The normalized spacial score (nSPS) is 28.7. The summed E-state index contributed by atoms with van der Waals surface area (Å²) in [4.78, 5) is 0. The van der Waals surface area contributed by atoms with Crippen LogP contribution in [0.3, 0.4) is 0 Å². The molecule has 0 N–H and O–H groups in total. The second-order valence-corrected chi connectivity index (χ2v) is 4.33. The van der Waals surface area contributed by atoms with Crippen molar-refractivity contribution in [2.75, 3.05) is 0 Å². The molecule has 0 aromatic carbocycles. The molecule has 1 aliphatic rings. The molecule has 0 aromatic rings. The fourth-order valence-electron chi connectivity index (χ4n) is 2.28. The predicted octanol–water partition coefficient (Wildman–Crippen LogP) is 4.50. The van der Waals surface area contributed by atoms with Gasteiger partial charge in [0.2, 0.25) is 0 Å². The SMILES string of the molecule is C=C(/C=C\C=C/C)[C@@H]1CCCC[C@H]1C. The van der Waals surface area contributed by atoms with E-state index in [4.69, 9.17) is 0 Å². The van der Waals surface area contributed by atoms with E-state index < -0.39 is 0 Å². The lowest BCUT2D eigenvalue weighted by Gasteiger charge is -2.29. The fraction of sp³-hybridized carbons (Fsp3) is 0.571. The molecule has 0 amide bonds. The molecule has 14 heavy (non-hydrogen) atoms. The molecule has 0 heteroatoms. The molecule has 0 radical (unpaired) electrons. The average molecular weight is 190 g/mol. The largest absolute Gasteiger partial charge is 0.0955 e. The molecule has 0 saturated heterocycles. The summed E-state index contributed by atoms with van der Waals surface area (Å²) in [5.74, 6) is 1.55. The third kappa shape index (κ3) is 3.17. The van der Waals surface area contributed by atoms with Gasteiger partial charge in [-0.3, -0.25) is 0 Å². The van der Waals surface area contributed by atoms with E-state index in [1.807, 2.05) is 13.0 Å². The molecule has 1 aliphatic carbocycles. The first-order valence-electron chi connectivity index (χ1n) is 5.74. The Kier molecular flexibility index (Phi) is 4.72. The summed E-state index contributed by atoms with van der Waals surface area (Å²) in [6, 6.07) is 0. The van der Waals surface area contributed by atoms with Crippen molar-refractivity contribution in [2.24, 2.45) is 11.8 Å². The minimum absolute atomic E-state index is 0.727. The topological polar surface area (TPSA) is 0 Å². The standard InChI is InChI=1S/C14H22/c1-4-5-6-9-12(2)14-11-8-7-10-13(14)3/h4-6,9,13-14H,2,7-8,10-11H2,1,3H3/b5-4-,9-6-/t13-,14+/m1/s1. The summed E-state index contributed by atoms with van der Waals surface area (Å²) < 4.78 is 0. The van der Waals surface area contributed by atoms with E-state index in [-0.39, 0.29) is 0 Å². The molecule has 0 heterocycles. The van der Waals surface area contributed by atoms with Gasteiger partial charge in [0.15, 0.2) is 0 Å². The summed E-state index contributed by atoms with van der Waals surface area (Å²) >= 11 is 0. The van der Waals surface area contributed by atoms with Crippen molar-refractivity contribution in [1.29, 1.82) is 0 Å². The van der Waals surface area contributed by atoms with Crippen molar-refractivity contribution in [3.8, 4) is 0 Å². The first-order valence-corrected chi connectivity index (χ1v) is 5.74. The summed E-state index contributed by atoms with van der Waals surface area (Å²) in [5, 5.41) is 0. The van der Waals surface area contributed by atoms with Crippen LogP contribution >= 0.6 is 0 Å². The maximum absolute atomic E-state index is 4.18. The van der Waals surface area contributed by atoms with E-state index in [1.165, 1.54) is 31.3 Å². The van der Waals surface area contributed by atoms with Gasteiger partial charge in [0, 0.05) is 0 Å². The molecule has 0 nitrogen and oxygen atoms in total. The van der Waals surface area contributed by atoms with E-state index in [0.717, 1.165) is 11.8 Å². The lowest BCUT2D eigenvalue weighted by Crippen LogP contribution is -2.17. The van der Waals surface area contributed by atoms with Crippen LogP contribution in [0.1, 0.15) is 39.5 Å². The van der Waals surface area contributed by atoms with Gasteiger partial charge in [-0.2, -0.15) is 0 Å². The lowest BCUT2D eigenvalue weighted by molar-refractivity contribution is 0.298. The van der Waals surface area contributed by atoms with Crippen LogP contribution < -0.4 is 0 Å². The Morgan fingerprint density at radius 3 is 2.57 bits per heavy atom. The second kappa shape index (κ2) is 5.85. The van der Waals surface area contributed by atoms with Crippen molar-refractivity contribution in [3.05, 3.63) is 36.5 Å². The van der Waals surface area contributed by atoms with Crippen molar-refractivity contribution in [2.45, 2.75) is 39.5 Å². The van der Waals surface area contributed by atoms with Crippen molar-refractivity contribution in [1.82, 2.24) is 0 Å². The fourth-order valence-corrected chi connectivity index (χ4v) is 2.28. The molecule has 0 bridgehead atoms. The smallest absolute Gasteiger partial charge is 0.0142 e. The van der Waals surface area contributed by atoms with Gasteiger partial charge in [0.1, 0.15) is 0 Å². The van der Waals surface area contributed by atoms with Gasteiger partial charge in [0.25, 0.3) is 0 Å². The van der Waals surface area contributed by atoms with Gasteiger partial charge in [-0.25, -0.2) is 0 Å². The van der Waals surface area contributed by atoms with Crippen LogP contribution in [-0.2, 0) is 0 Å². The highest BCUT2D eigenvalue weighted by Gasteiger charge is 2.21. The van der Waals surface area contributed by atoms with Crippen LogP contribution in [-0.4, -0.2) is 0 Å². The Morgan fingerprint density at radius 2 is 1.93 bits per heavy atom. The molecule has 0 aromatic heterocycles. The minimum Gasteiger partial charge on any atom is -0.0955 e. The van der Waals surface area contributed by atoms with Crippen molar-refractivity contribution >= 4 is 0 Å². The first kappa shape index (κ1) is 11.3. The van der Waals surface area contributed by atoms with E-state index in [2.05, 4.69) is 31.7 Å².